The summed E-state index contributed by atoms with van der Waals surface area (Å²) in [6, 6.07) is 11.4. The van der Waals surface area contributed by atoms with E-state index in [1.165, 1.54) is 25.1 Å². The highest BCUT2D eigenvalue weighted by atomic mass is 16.5. The Balaban J connectivity index is 1.69. The van der Waals surface area contributed by atoms with E-state index in [9.17, 15) is 4.79 Å². The van der Waals surface area contributed by atoms with Crippen LogP contribution in [-0.2, 0) is 6.54 Å². The fourth-order valence-electron chi connectivity index (χ4n) is 2.73. The van der Waals surface area contributed by atoms with Crippen LogP contribution in [0.4, 0.5) is 0 Å². The molecule has 1 aromatic carbocycles. The number of hydrogen-bond acceptors (Lipinski definition) is 4. The number of benzene rings is 1. The molecule has 5 heteroatoms. The predicted molar refractivity (Wildman–Crippen MR) is 113 cm³/mol. The fraction of sp³-hybridized carbons (Fsp3) is 0.304. The van der Waals surface area contributed by atoms with Crippen molar-refractivity contribution in [2.24, 2.45) is 16.6 Å². The molecule has 0 atom stereocenters. The number of aryl methyl sites for hydroxylation is 1. The summed E-state index contributed by atoms with van der Waals surface area (Å²) in [6.07, 6.45) is 5.54. The minimum Gasteiger partial charge on any atom is -0.487 e. The van der Waals surface area contributed by atoms with Crippen LogP contribution < -0.4 is 16.0 Å². The third-order valence-electron chi connectivity index (χ3n) is 4.56. The van der Waals surface area contributed by atoms with Gasteiger partial charge in [0, 0.05) is 30.3 Å². The van der Waals surface area contributed by atoms with Crippen LogP contribution in [0.25, 0.3) is 0 Å². The molecule has 28 heavy (non-hydrogen) atoms. The van der Waals surface area contributed by atoms with Gasteiger partial charge in [-0.1, -0.05) is 24.0 Å². The lowest BCUT2D eigenvalue weighted by Gasteiger charge is -2.13. The highest BCUT2D eigenvalue weighted by Gasteiger charge is 2.17. The third-order valence-corrected chi connectivity index (χ3v) is 4.56. The summed E-state index contributed by atoms with van der Waals surface area (Å²) < 4.78 is 7.41. The molecule has 1 aliphatic carbocycles. The van der Waals surface area contributed by atoms with Crippen LogP contribution in [0.1, 0.15) is 29.7 Å². The predicted octanol–water partition coefficient (Wildman–Crippen LogP) is 2.89. The molecule has 0 amide bonds. The highest BCUT2D eigenvalue weighted by Crippen LogP contribution is 2.27. The maximum absolute atomic E-state index is 12.6. The fourth-order valence-corrected chi connectivity index (χ4v) is 2.73. The topological polar surface area (TPSA) is 69.6 Å². The van der Waals surface area contributed by atoms with Gasteiger partial charge in [0.05, 0.1) is 12.3 Å². The van der Waals surface area contributed by atoms with E-state index in [2.05, 4.69) is 16.8 Å². The van der Waals surface area contributed by atoms with Gasteiger partial charge in [-0.15, -0.1) is 0 Å². The summed E-state index contributed by atoms with van der Waals surface area (Å²) in [5, 5.41) is 0. The number of nitrogens with two attached hydrogens (primary N) is 1. The van der Waals surface area contributed by atoms with Crippen molar-refractivity contribution in [3.63, 3.8) is 0 Å². The number of rotatable bonds is 6. The van der Waals surface area contributed by atoms with E-state index in [0.717, 1.165) is 16.8 Å². The van der Waals surface area contributed by atoms with Crippen LogP contribution in [0.2, 0.25) is 0 Å². The van der Waals surface area contributed by atoms with Crippen molar-refractivity contribution >= 4 is 5.71 Å². The van der Waals surface area contributed by atoms with Gasteiger partial charge < -0.3 is 15.0 Å². The molecular weight excluding hydrogens is 350 g/mol. The van der Waals surface area contributed by atoms with Crippen molar-refractivity contribution in [1.29, 1.82) is 0 Å². The monoisotopic (exact) mass is 375 g/mol. The Hall–Kier alpha value is -3.26. The zero-order chi connectivity index (χ0) is 19.9. The molecule has 1 heterocycles. The van der Waals surface area contributed by atoms with Crippen molar-refractivity contribution < 1.29 is 4.74 Å². The van der Waals surface area contributed by atoms with Gasteiger partial charge in [0.2, 0.25) is 0 Å². The first-order valence-corrected chi connectivity index (χ1v) is 9.37. The van der Waals surface area contributed by atoms with Crippen LogP contribution in [0.15, 0.2) is 58.5 Å². The maximum atomic E-state index is 12.6. The van der Waals surface area contributed by atoms with Gasteiger partial charge in [-0.2, -0.15) is 0 Å². The van der Waals surface area contributed by atoms with Gasteiger partial charge in [-0.3, -0.25) is 9.79 Å². The minimum atomic E-state index is -0.100. The molecule has 2 aromatic rings. The van der Waals surface area contributed by atoms with Crippen molar-refractivity contribution in [2.45, 2.75) is 26.3 Å². The molecule has 3 rings (SSSR count). The zero-order valence-electron chi connectivity index (χ0n) is 16.3. The summed E-state index contributed by atoms with van der Waals surface area (Å²) in [4.78, 5) is 16.6. The van der Waals surface area contributed by atoms with Crippen LogP contribution in [-0.4, -0.2) is 23.9 Å². The second kappa shape index (κ2) is 9.09. The molecule has 144 valence electrons. The van der Waals surface area contributed by atoms with Gasteiger partial charge in [0.1, 0.15) is 12.4 Å². The number of pyridine rings is 1. The summed E-state index contributed by atoms with van der Waals surface area (Å²) in [7, 11) is 1.67. The van der Waals surface area contributed by atoms with E-state index >= 15 is 0 Å². The lowest BCUT2D eigenvalue weighted by molar-refractivity contribution is 0.374. The Labute approximate surface area is 165 Å². The molecule has 1 aromatic heterocycles. The van der Waals surface area contributed by atoms with Crippen molar-refractivity contribution in [3.8, 4) is 17.6 Å². The molecule has 0 aliphatic heterocycles. The Morgan fingerprint density at radius 1 is 1.32 bits per heavy atom. The lowest BCUT2D eigenvalue weighted by Crippen LogP contribution is -2.23. The molecular formula is C23H25N3O2. The van der Waals surface area contributed by atoms with E-state index in [0.29, 0.717) is 23.9 Å². The van der Waals surface area contributed by atoms with Crippen LogP contribution in [0.3, 0.4) is 0 Å². The molecule has 1 aliphatic rings. The van der Waals surface area contributed by atoms with Crippen LogP contribution >= 0.6 is 0 Å². The second-order valence-corrected chi connectivity index (χ2v) is 6.86. The molecule has 0 radical (unpaired) electrons. The zero-order valence-corrected chi connectivity index (χ0v) is 16.3. The first-order valence-electron chi connectivity index (χ1n) is 9.37. The van der Waals surface area contributed by atoms with Gasteiger partial charge >= 0.3 is 0 Å². The van der Waals surface area contributed by atoms with E-state index in [1.807, 2.05) is 37.3 Å². The quantitative estimate of drug-likeness (QED) is 0.623. The lowest BCUT2D eigenvalue weighted by atomic mass is 10.1. The van der Waals surface area contributed by atoms with Crippen molar-refractivity contribution in [2.75, 3.05) is 13.7 Å². The Kier molecular flexibility index (Phi) is 6.33. The standard InChI is InChI=1S/C23H25N3O2/c1-17-13-22(28-16-21(25-2)11-12-24)14-23(27)26(17)15-20-9-7-19(8-10-20)6-5-18-3-4-18/h7-14,18H,3-4,15-16,24H2,1-2H3/b12-11-,25-21?. The molecule has 0 unspecified atom stereocenters. The van der Waals surface area contributed by atoms with Crippen molar-refractivity contribution in [1.82, 2.24) is 4.57 Å². The largest absolute Gasteiger partial charge is 0.487 e. The molecule has 0 bridgehead atoms. The minimum absolute atomic E-state index is 0.100. The van der Waals surface area contributed by atoms with Crippen LogP contribution in [0.5, 0.6) is 5.75 Å². The third kappa shape index (κ3) is 5.37. The summed E-state index contributed by atoms with van der Waals surface area (Å²) in [5.41, 5.74) is 8.90. The Bertz CT molecular complexity index is 1000. The van der Waals surface area contributed by atoms with E-state index in [1.54, 1.807) is 17.7 Å². The molecule has 0 spiro atoms. The van der Waals surface area contributed by atoms with E-state index in [-0.39, 0.29) is 12.2 Å². The van der Waals surface area contributed by atoms with Gasteiger partial charge in [-0.25, -0.2) is 0 Å². The number of aromatic nitrogens is 1. The van der Waals surface area contributed by atoms with E-state index in [4.69, 9.17) is 10.5 Å². The smallest absolute Gasteiger partial charge is 0.254 e. The number of ether oxygens (including phenoxy) is 1. The highest BCUT2D eigenvalue weighted by molar-refractivity contribution is 5.96. The number of hydrogen-bond donors (Lipinski definition) is 1. The molecule has 2 N–H and O–H groups in total. The molecule has 5 nitrogen and oxygen atoms in total. The van der Waals surface area contributed by atoms with Crippen molar-refractivity contribution in [3.05, 3.63) is 75.8 Å². The first kappa shape index (κ1) is 19.5. The summed E-state index contributed by atoms with van der Waals surface area (Å²) in [6.45, 7) is 2.67. The Morgan fingerprint density at radius 3 is 2.68 bits per heavy atom. The average molecular weight is 375 g/mol. The van der Waals surface area contributed by atoms with Gasteiger partial charge in [-0.05, 0) is 55.8 Å². The van der Waals surface area contributed by atoms with Crippen LogP contribution in [0, 0.1) is 24.7 Å². The maximum Gasteiger partial charge on any atom is 0.254 e. The summed E-state index contributed by atoms with van der Waals surface area (Å²) >= 11 is 0. The van der Waals surface area contributed by atoms with Gasteiger partial charge in [0.25, 0.3) is 5.56 Å². The normalized spacial score (nSPS) is 14.0. The van der Waals surface area contributed by atoms with Gasteiger partial charge in [0.15, 0.2) is 0 Å². The Morgan fingerprint density at radius 2 is 2.07 bits per heavy atom. The average Bonchev–Trinajstić information content (AvgIpc) is 3.52. The summed E-state index contributed by atoms with van der Waals surface area (Å²) in [5.74, 6) is 7.58. The molecule has 0 saturated heterocycles. The number of nitrogens with zero attached hydrogens (tertiary/aromatic N) is 2. The molecule has 1 saturated carbocycles. The first-order chi connectivity index (χ1) is 13.6. The second-order valence-electron chi connectivity index (χ2n) is 6.86. The number of aliphatic imine (C=N–C) groups is 1. The SMILES string of the molecule is CN=C(/C=C\N)COc1cc(C)n(Cc2ccc(C#CC3CC3)cc2)c(=O)c1. The molecule has 1 fully saturated rings. The van der Waals surface area contributed by atoms with E-state index < -0.39 is 0 Å².